The Labute approximate surface area is 241 Å². The highest BCUT2D eigenvalue weighted by atomic mass is 16.5. The van der Waals surface area contributed by atoms with E-state index < -0.39 is 0 Å². The molecule has 216 valence electrons. The van der Waals surface area contributed by atoms with Crippen LogP contribution in [0.15, 0.2) is 55.4 Å². The Morgan fingerprint density at radius 2 is 2.02 bits per heavy atom. The number of hydrogen-bond donors (Lipinski definition) is 4. The van der Waals surface area contributed by atoms with Crippen molar-refractivity contribution in [2.45, 2.75) is 12.5 Å². The molecule has 11 heteroatoms. The Morgan fingerprint density at radius 1 is 1.20 bits per heavy atom. The number of ether oxygens (including phenoxy) is 2. The second-order valence-corrected chi connectivity index (χ2v) is 9.72. The van der Waals surface area contributed by atoms with Crippen molar-refractivity contribution < 1.29 is 14.3 Å². The van der Waals surface area contributed by atoms with Crippen molar-refractivity contribution in [1.82, 2.24) is 14.9 Å². The number of methoxy groups -OCH3 is 2. The lowest BCUT2D eigenvalue weighted by Gasteiger charge is -2.30. The highest BCUT2D eigenvalue weighted by molar-refractivity contribution is 6.02. The number of hydrogen-bond acceptors (Lipinski definition) is 10. The highest BCUT2D eigenvalue weighted by Crippen LogP contribution is 2.39. The highest BCUT2D eigenvalue weighted by Gasteiger charge is 2.28. The molecular weight excluding hydrogens is 520 g/mol. The fourth-order valence-corrected chi connectivity index (χ4v) is 4.94. The molecule has 1 atom stereocenters. The van der Waals surface area contributed by atoms with Crippen LogP contribution >= 0.6 is 0 Å². The van der Waals surface area contributed by atoms with Crippen LogP contribution in [0.25, 0.3) is 11.3 Å². The van der Waals surface area contributed by atoms with Crippen molar-refractivity contribution >= 4 is 40.7 Å². The molecule has 1 saturated heterocycles. The molecule has 0 aliphatic carbocycles. The summed E-state index contributed by atoms with van der Waals surface area (Å²) in [5, 5.41) is 17.0. The minimum absolute atomic E-state index is 0.265. The molecule has 1 unspecified atom stereocenters. The smallest absolute Gasteiger partial charge is 0.247 e. The summed E-state index contributed by atoms with van der Waals surface area (Å²) in [5.74, 6) is 0.856. The molecule has 1 aliphatic heterocycles. The molecule has 3 aromatic rings. The number of likely N-dealkylation sites (N-methyl/N-ethyl adjacent to an activating group) is 1. The van der Waals surface area contributed by atoms with Crippen molar-refractivity contribution in [2.75, 3.05) is 75.4 Å². The summed E-state index contributed by atoms with van der Waals surface area (Å²) in [5.41, 5.74) is 5.32. The van der Waals surface area contributed by atoms with E-state index in [1.54, 1.807) is 14.2 Å². The summed E-state index contributed by atoms with van der Waals surface area (Å²) < 4.78 is 11.0. The van der Waals surface area contributed by atoms with Crippen molar-refractivity contribution in [2.24, 2.45) is 0 Å². The zero-order chi connectivity index (χ0) is 29.4. The van der Waals surface area contributed by atoms with Crippen LogP contribution in [0.2, 0.25) is 0 Å². The lowest BCUT2D eigenvalue weighted by molar-refractivity contribution is -0.111. The normalized spacial score (nSPS) is 14.8. The first-order chi connectivity index (χ1) is 19.9. The number of aromatic nitrogens is 2. The number of carbonyl (C=O) groups excluding carboxylic acids is 1. The van der Waals surface area contributed by atoms with Crippen molar-refractivity contribution in [3.63, 3.8) is 0 Å². The van der Waals surface area contributed by atoms with Gasteiger partial charge < -0.3 is 35.7 Å². The standard InChI is InChI=1S/C30H38N8O3/c1-6-30(39)36-25-14-26(28(41-5)16-27(25)37(3)22-9-10-38(18-22)11-12-40-4)35-29-15-24(33-19-34-29)20-7-8-21(17-31)23(13-20)32-2/h6-8,13-17,19,22,31-32H,1,9-12,18H2,2-5H3,(H,36,39)(H,33,34,35). The SMILES string of the molecule is C=CC(=O)Nc1cc(Nc2cc(-c3ccc(C=N)c(NC)c3)ncn2)c(OC)cc1N(C)C1CCN(CCOC)C1. The van der Waals surface area contributed by atoms with Gasteiger partial charge in [-0.2, -0.15) is 0 Å². The molecule has 2 aromatic carbocycles. The van der Waals surface area contributed by atoms with Crippen LogP contribution in [-0.2, 0) is 9.53 Å². The van der Waals surface area contributed by atoms with E-state index in [4.69, 9.17) is 14.9 Å². The van der Waals surface area contributed by atoms with Gasteiger partial charge in [-0.15, -0.1) is 0 Å². The minimum Gasteiger partial charge on any atom is -0.494 e. The Balaban J connectivity index is 1.65. The molecule has 4 N–H and O–H groups in total. The van der Waals surface area contributed by atoms with E-state index in [2.05, 4.69) is 42.3 Å². The van der Waals surface area contributed by atoms with Gasteiger partial charge in [0.05, 0.1) is 36.5 Å². The zero-order valence-electron chi connectivity index (χ0n) is 24.0. The number of nitrogens with zero attached hydrogens (tertiary/aromatic N) is 4. The summed E-state index contributed by atoms with van der Waals surface area (Å²) in [7, 11) is 7.19. The molecule has 0 saturated carbocycles. The Kier molecular flexibility index (Phi) is 9.88. The van der Waals surface area contributed by atoms with Crippen LogP contribution in [-0.4, -0.2) is 87.6 Å². The number of amides is 1. The quantitative estimate of drug-likeness (QED) is 0.180. The largest absolute Gasteiger partial charge is 0.494 e. The average Bonchev–Trinajstić information content (AvgIpc) is 3.48. The van der Waals surface area contributed by atoms with Crippen molar-refractivity contribution in [3.8, 4) is 17.0 Å². The number of carbonyl (C=O) groups is 1. The molecule has 4 rings (SSSR count). The van der Waals surface area contributed by atoms with Gasteiger partial charge in [0, 0.05) is 82.0 Å². The maximum Gasteiger partial charge on any atom is 0.247 e. The van der Waals surface area contributed by atoms with Crippen LogP contribution in [0.3, 0.4) is 0 Å². The van der Waals surface area contributed by atoms with Crippen LogP contribution in [0.1, 0.15) is 12.0 Å². The van der Waals surface area contributed by atoms with Crippen LogP contribution in [0.4, 0.5) is 28.6 Å². The molecule has 1 aromatic heterocycles. The van der Waals surface area contributed by atoms with Gasteiger partial charge >= 0.3 is 0 Å². The average molecular weight is 559 g/mol. The summed E-state index contributed by atoms with van der Waals surface area (Å²) in [6.45, 7) is 7.08. The van der Waals surface area contributed by atoms with Gasteiger partial charge in [0.2, 0.25) is 5.91 Å². The fourth-order valence-electron chi connectivity index (χ4n) is 4.94. The predicted molar refractivity (Wildman–Crippen MR) is 165 cm³/mol. The van der Waals surface area contributed by atoms with Crippen molar-refractivity contribution in [3.05, 3.63) is 60.9 Å². The monoisotopic (exact) mass is 558 g/mol. The molecule has 1 aliphatic rings. The number of anilines is 5. The van der Waals surface area contributed by atoms with E-state index in [-0.39, 0.29) is 11.9 Å². The Morgan fingerprint density at radius 3 is 2.73 bits per heavy atom. The first kappa shape index (κ1) is 29.5. The molecule has 2 heterocycles. The van der Waals surface area contributed by atoms with Gasteiger partial charge in [-0.05, 0) is 24.6 Å². The third kappa shape index (κ3) is 7.00. The molecule has 1 amide bonds. The summed E-state index contributed by atoms with van der Waals surface area (Å²) in [6, 6.07) is 11.6. The number of likely N-dealkylation sites (tertiary alicyclic amines) is 1. The Hall–Kier alpha value is -4.48. The number of benzene rings is 2. The maximum absolute atomic E-state index is 12.4. The van der Waals surface area contributed by atoms with Gasteiger partial charge in [0.1, 0.15) is 17.9 Å². The van der Waals surface area contributed by atoms with E-state index >= 15 is 0 Å². The lowest BCUT2D eigenvalue weighted by Crippen LogP contribution is -2.36. The Bertz CT molecular complexity index is 1400. The third-order valence-electron chi connectivity index (χ3n) is 7.25. The summed E-state index contributed by atoms with van der Waals surface area (Å²) >= 11 is 0. The van der Waals surface area contributed by atoms with E-state index in [0.29, 0.717) is 35.2 Å². The lowest BCUT2D eigenvalue weighted by atomic mass is 10.1. The van der Waals surface area contributed by atoms with Crippen LogP contribution in [0, 0.1) is 5.41 Å². The molecule has 11 nitrogen and oxygen atoms in total. The second-order valence-electron chi connectivity index (χ2n) is 9.72. The molecule has 41 heavy (non-hydrogen) atoms. The summed E-state index contributed by atoms with van der Waals surface area (Å²) in [4.78, 5) is 25.8. The molecule has 0 radical (unpaired) electrons. The zero-order valence-corrected chi connectivity index (χ0v) is 24.0. The third-order valence-corrected chi connectivity index (χ3v) is 7.25. The maximum atomic E-state index is 12.4. The number of rotatable bonds is 13. The van der Waals surface area contributed by atoms with Gasteiger partial charge in [0.25, 0.3) is 0 Å². The minimum atomic E-state index is -0.304. The van der Waals surface area contributed by atoms with E-state index in [0.717, 1.165) is 48.6 Å². The van der Waals surface area contributed by atoms with Crippen molar-refractivity contribution in [1.29, 1.82) is 5.41 Å². The first-order valence-corrected chi connectivity index (χ1v) is 13.4. The van der Waals surface area contributed by atoms with E-state index in [1.165, 1.54) is 18.6 Å². The first-order valence-electron chi connectivity index (χ1n) is 13.4. The summed E-state index contributed by atoms with van der Waals surface area (Å²) in [6.07, 6.45) is 5.05. The van der Waals surface area contributed by atoms with Crippen LogP contribution < -0.4 is 25.6 Å². The molecular formula is C30H38N8O3. The van der Waals surface area contributed by atoms with Gasteiger partial charge in [-0.1, -0.05) is 18.7 Å². The predicted octanol–water partition coefficient (Wildman–Crippen LogP) is 4.22. The number of nitrogens with one attached hydrogen (secondary N) is 4. The fraction of sp³-hybridized carbons (Fsp3) is 0.333. The van der Waals surface area contributed by atoms with Gasteiger partial charge in [-0.3, -0.25) is 9.69 Å². The molecule has 0 bridgehead atoms. The molecule has 1 fully saturated rings. The van der Waals surface area contributed by atoms with E-state index in [9.17, 15) is 4.79 Å². The van der Waals surface area contributed by atoms with Crippen LogP contribution in [0.5, 0.6) is 5.75 Å². The van der Waals surface area contributed by atoms with E-state index in [1.807, 2.05) is 50.5 Å². The second kappa shape index (κ2) is 13.7. The van der Waals surface area contributed by atoms with Gasteiger partial charge in [-0.25, -0.2) is 9.97 Å². The molecule has 0 spiro atoms. The van der Waals surface area contributed by atoms with Gasteiger partial charge in [0.15, 0.2) is 0 Å². The topological polar surface area (TPSA) is 128 Å².